The summed E-state index contributed by atoms with van der Waals surface area (Å²) in [7, 11) is -3.94. The van der Waals surface area contributed by atoms with E-state index < -0.39 is 20.7 Å². The summed E-state index contributed by atoms with van der Waals surface area (Å²) in [6.45, 7) is 0. The SMILES string of the molecule is Cl.NC1CCC(NS(=O)(=O)c2c(F)cccc2Cl)CC1. The second-order valence-corrected chi connectivity index (χ2v) is 6.84. The predicted molar refractivity (Wildman–Crippen MR) is 79.2 cm³/mol. The van der Waals surface area contributed by atoms with Gasteiger partial charge in [0.2, 0.25) is 10.0 Å². The van der Waals surface area contributed by atoms with E-state index in [1.54, 1.807) is 0 Å². The largest absolute Gasteiger partial charge is 0.328 e. The van der Waals surface area contributed by atoms with Crippen LogP contribution in [0.4, 0.5) is 4.39 Å². The third-order valence-electron chi connectivity index (χ3n) is 3.28. The number of benzene rings is 1. The van der Waals surface area contributed by atoms with Crippen LogP contribution in [-0.4, -0.2) is 20.5 Å². The van der Waals surface area contributed by atoms with E-state index >= 15 is 0 Å². The van der Waals surface area contributed by atoms with Gasteiger partial charge in [0.25, 0.3) is 0 Å². The van der Waals surface area contributed by atoms with Crippen molar-refractivity contribution in [3.8, 4) is 0 Å². The van der Waals surface area contributed by atoms with Crippen LogP contribution in [0.5, 0.6) is 0 Å². The van der Waals surface area contributed by atoms with E-state index in [-0.39, 0.29) is 29.5 Å². The van der Waals surface area contributed by atoms with E-state index in [4.69, 9.17) is 17.3 Å². The van der Waals surface area contributed by atoms with Crippen molar-refractivity contribution >= 4 is 34.0 Å². The number of nitrogens with two attached hydrogens (primary N) is 1. The quantitative estimate of drug-likeness (QED) is 0.886. The zero-order chi connectivity index (χ0) is 14.0. The van der Waals surface area contributed by atoms with Gasteiger partial charge in [-0.25, -0.2) is 17.5 Å². The summed E-state index contributed by atoms with van der Waals surface area (Å²) in [5.74, 6) is -0.840. The van der Waals surface area contributed by atoms with Gasteiger partial charge in [-0.3, -0.25) is 0 Å². The molecule has 1 aromatic carbocycles. The van der Waals surface area contributed by atoms with Crippen LogP contribution < -0.4 is 10.5 Å². The van der Waals surface area contributed by atoms with E-state index in [1.165, 1.54) is 12.1 Å². The highest BCUT2D eigenvalue weighted by Gasteiger charge is 2.27. The molecular weight excluding hydrogens is 326 g/mol. The average Bonchev–Trinajstić information content (AvgIpc) is 2.31. The van der Waals surface area contributed by atoms with Crippen LogP contribution in [0, 0.1) is 5.82 Å². The minimum Gasteiger partial charge on any atom is -0.328 e. The summed E-state index contributed by atoms with van der Waals surface area (Å²) in [5.41, 5.74) is 5.76. The maximum Gasteiger partial charge on any atom is 0.245 e. The van der Waals surface area contributed by atoms with Crippen LogP contribution >= 0.6 is 24.0 Å². The lowest BCUT2D eigenvalue weighted by Crippen LogP contribution is -2.40. The molecule has 0 aliphatic heterocycles. The van der Waals surface area contributed by atoms with E-state index in [1.807, 2.05) is 0 Å². The van der Waals surface area contributed by atoms with Gasteiger partial charge in [-0.1, -0.05) is 17.7 Å². The van der Waals surface area contributed by atoms with Crippen molar-refractivity contribution in [3.63, 3.8) is 0 Å². The minimum absolute atomic E-state index is 0. The zero-order valence-corrected chi connectivity index (χ0v) is 13.1. The lowest BCUT2D eigenvalue weighted by atomic mass is 9.93. The molecule has 20 heavy (non-hydrogen) atoms. The van der Waals surface area contributed by atoms with Gasteiger partial charge in [-0.05, 0) is 37.8 Å². The molecule has 1 fully saturated rings. The molecule has 114 valence electrons. The third kappa shape index (κ3) is 4.05. The molecule has 0 amide bonds. The number of hydrogen-bond donors (Lipinski definition) is 2. The van der Waals surface area contributed by atoms with E-state index in [2.05, 4.69) is 4.72 Å². The molecule has 0 aromatic heterocycles. The van der Waals surface area contributed by atoms with Crippen LogP contribution in [0.15, 0.2) is 23.1 Å². The molecule has 2 rings (SSSR count). The fourth-order valence-corrected chi connectivity index (χ4v) is 4.16. The topological polar surface area (TPSA) is 72.2 Å². The standard InChI is InChI=1S/C12H16ClFN2O2S.ClH/c13-10-2-1-3-11(14)12(10)19(17,18)16-9-6-4-8(15)5-7-9;/h1-3,8-9,16H,4-7,15H2;1H. The molecule has 1 aliphatic rings. The normalized spacial score (nSPS) is 23.1. The Kier molecular flexibility index (Phi) is 6.22. The van der Waals surface area contributed by atoms with Crippen LogP contribution in [-0.2, 0) is 10.0 Å². The summed E-state index contributed by atoms with van der Waals surface area (Å²) in [5, 5.41) is -0.111. The molecule has 0 unspecified atom stereocenters. The summed E-state index contributed by atoms with van der Waals surface area (Å²) >= 11 is 5.78. The van der Waals surface area contributed by atoms with Gasteiger partial charge < -0.3 is 5.73 Å². The lowest BCUT2D eigenvalue weighted by molar-refractivity contribution is 0.373. The first-order chi connectivity index (χ1) is 8.90. The number of nitrogens with one attached hydrogen (secondary N) is 1. The Balaban J connectivity index is 0.00000200. The minimum atomic E-state index is -3.94. The maximum atomic E-state index is 13.6. The van der Waals surface area contributed by atoms with Gasteiger partial charge in [0.05, 0.1) is 5.02 Å². The molecular formula is C12H17Cl2FN2O2S. The highest BCUT2D eigenvalue weighted by Crippen LogP contribution is 2.26. The molecule has 8 heteroatoms. The molecule has 1 aromatic rings. The molecule has 0 atom stereocenters. The molecule has 4 nitrogen and oxygen atoms in total. The van der Waals surface area contributed by atoms with Crippen LogP contribution in [0.2, 0.25) is 5.02 Å². The Labute approximate surface area is 129 Å². The summed E-state index contributed by atoms with van der Waals surface area (Å²) in [4.78, 5) is -0.480. The lowest BCUT2D eigenvalue weighted by Gasteiger charge is -2.26. The van der Waals surface area contributed by atoms with Gasteiger partial charge in [-0.2, -0.15) is 0 Å². The van der Waals surface area contributed by atoms with Crippen molar-refractivity contribution in [2.45, 2.75) is 42.7 Å². The zero-order valence-electron chi connectivity index (χ0n) is 10.7. The second kappa shape index (κ2) is 7.04. The fraction of sp³-hybridized carbons (Fsp3) is 0.500. The van der Waals surface area contributed by atoms with E-state index in [0.717, 1.165) is 18.9 Å². The van der Waals surface area contributed by atoms with Crippen molar-refractivity contribution in [3.05, 3.63) is 29.0 Å². The van der Waals surface area contributed by atoms with Crippen LogP contribution in [0.1, 0.15) is 25.7 Å². The van der Waals surface area contributed by atoms with Gasteiger partial charge in [0, 0.05) is 12.1 Å². The molecule has 1 saturated carbocycles. The predicted octanol–water partition coefficient (Wildman–Crippen LogP) is 2.45. The van der Waals surface area contributed by atoms with Gasteiger partial charge in [0.1, 0.15) is 10.7 Å². The Bertz CT molecular complexity index is 540. The van der Waals surface area contributed by atoms with Crippen molar-refractivity contribution in [1.29, 1.82) is 0 Å². The first-order valence-electron chi connectivity index (χ1n) is 6.12. The smallest absolute Gasteiger partial charge is 0.245 e. The molecule has 0 spiro atoms. The van der Waals surface area contributed by atoms with Crippen molar-refractivity contribution < 1.29 is 12.8 Å². The summed E-state index contributed by atoms with van der Waals surface area (Å²) in [6.07, 6.45) is 2.84. The third-order valence-corrected chi connectivity index (χ3v) is 5.30. The molecule has 3 N–H and O–H groups in total. The first-order valence-corrected chi connectivity index (χ1v) is 7.98. The molecule has 0 bridgehead atoms. The van der Waals surface area contributed by atoms with Crippen LogP contribution in [0.3, 0.4) is 0 Å². The molecule has 1 aliphatic carbocycles. The maximum absolute atomic E-state index is 13.6. The number of hydrogen-bond acceptors (Lipinski definition) is 3. The van der Waals surface area contributed by atoms with Crippen LogP contribution in [0.25, 0.3) is 0 Å². The van der Waals surface area contributed by atoms with Crippen molar-refractivity contribution in [2.24, 2.45) is 5.73 Å². The van der Waals surface area contributed by atoms with E-state index in [0.29, 0.717) is 12.8 Å². The number of sulfonamides is 1. The van der Waals surface area contributed by atoms with Crippen molar-refractivity contribution in [2.75, 3.05) is 0 Å². The summed E-state index contributed by atoms with van der Waals surface area (Å²) in [6, 6.07) is 3.72. The van der Waals surface area contributed by atoms with Crippen molar-refractivity contribution in [1.82, 2.24) is 4.72 Å². The summed E-state index contributed by atoms with van der Waals surface area (Å²) < 4.78 is 40.5. The number of halogens is 3. The second-order valence-electron chi connectivity index (χ2n) is 4.78. The number of rotatable bonds is 3. The first kappa shape index (κ1) is 17.7. The average molecular weight is 343 g/mol. The molecule has 0 radical (unpaired) electrons. The Hall–Kier alpha value is -0.400. The fourth-order valence-electron chi connectivity index (χ4n) is 2.25. The Morgan fingerprint density at radius 3 is 2.40 bits per heavy atom. The highest BCUT2D eigenvalue weighted by atomic mass is 35.5. The van der Waals surface area contributed by atoms with Gasteiger partial charge in [0.15, 0.2) is 0 Å². The highest BCUT2D eigenvalue weighted by molar-refractivity contribution is 7.89. The molecule has 0 saturated heterocycles. The van der Waals surface area contributed by atoms with E-state index in [9.17, 15) is 12.8 Å². The monoisotopic (exact) mass is 342 g/mol. The Morgan fingerprint density at radius 1 is 1.25 bits per heavy atom. The van der Waals surface area contributed by atoms with Gasteiger partial charge in [-0.15, -0.1) is 12.4 Å². The Morgan fingerprint density at radius 2 is 1.85 bits per heavy atom. The molecule has 0 heterocycles. The van der Waals surface area contributed by atoms with Gasteiger partial charge >= 0.3 is 0 Å².